The molecule has 0 spiro atoms. The largest absolute Gasteiger partial charge is 1.00 e. The van der Waals surface area contributed by atoms with Crippen molar-refractivity contribution in [2.75, 3.05) is 24.6 Å². The maximum atomic E-state index is 7.14. The number of benzene rings is 12. The molecule has 14 rings (SSSR count). The average molecular weight is 2050 g/mol. The minimum absolute atomic E-state index is 0. The zero-order chi connectivity index (χ0) is 61.7. The molecule has 0 saturated carbocycles. The standard InChI is InChI=1S/2C26H24P2.2C16H6S.4Au/c2*1-5-13-23(14-6-1)27(24-15-7-2-8-16-24)21-22-28(25-17-9-3-10-18-25)26-19-11-4-12-20-26;2*1-3-11-5-7-13-14-8-6-12(4-2)10-16(14)17-15(13)9-11;;;;/h2*1-20H,21-22H2;2*5-10H;;;;/q;;2*-2;4*+1/p+4. The van der Waals surface area contributed by atoms with Gasteiger partial charge in [0.2, 0.25) is 0 Å². The van der Waals surface area contributed by atoms with E-state index in [2.05, 4.69) is 266 Å². The van der Waals surface area contributed by atoms with Crippen LogP contribution in [0.2, 0.25) is 0 Å². The summed E-state index contributed by atoms with van der Waals surface area (Å²) in [6.07, 6.45) is 33.6. The van der Waals surface area contributed by atoms with E-state index in [0.717, 1.165) is 41.1 Å². The Morgan fingerprint density at radius 3 is 0.500 bits per heavy atom. The van der Waals surface area contributed by atoms with Crippen molar-refractivity contribution in [3.8, 4) is 23.7 Å². The molecule has 0 atom stereocenters. The first-order valence-corrected chi connectivity index (χ1v) is 38.4. The molecule has 12 aromatic carbocycles. The molecule has 0 aliphatic carbocycles. The monoisotopic (exact) mass is 2050 g/mol. The van der Waals surface area contributed by atoms with E-state index in [1.54, 1.807) is 22.7 Å². The van der Waals surface area contributed by atoms with E-state index in [1.807, 2.05) is 72.8 Å². The Labute approximate surface area is 631 Å². The summed E-state index contributed by atoms with van der Waals surface area (Å²) in [5.74, 6) is 9.60. The van der Waals surface area contributed by atoms with Gasteiger partial charge in [0.25, 0.3) is 0 Å². The van der Waals surface area contributed by atoms with Crippen LogP contribution in [0, 0.1) is 49.4 Å². The van der Waals surface area contributed by atoms with Gasteiger partial charge in [0.1, 0.15) is 24.6 Å². The zero-order valence-electron chi connectivity index (χ0n) is 50.9. The van der Waals surface area contributed by atoms with Gasteiger partial charge in [0, 0.05) is 18.8 Å². The van der Waals surface area contributed by atoms with Crippen LogP contribution in [0.15, 0.2) is 315 Å². The van der Waals surface area contributed by atoms with Crippen LogP contribution in [0.25, 0.3) is 40.3 Å². The Balaban J connectivity index is 0.000000179. The number of hydrogen-bond acceptors (Lipinski definition) is 2. The van der Waals surface area contributed by atoms with Gasteiger partial charge in [-0.25, -0.2) is 0 Å². The quantitative estimate of drug-likeness (QED) is 0.0441. The van der Waals surface area contributed by atoms with Crippen molar-refractivity contribution < 1.29 is 89.5 Å². The molecule has 14 aromatic rings. The van der Waals surface area contributed by atoms with Crippen molar-refractivity contribution in [3.63, 3.8) is 0 Å². The van der Waals surface area contributed by atoms with E-state index in [9.17, 15) is 0 Å². The summed E-state index contributed by atoms with van der Waals surface area (Å²) < 4.78 is 4.61. The average Bonchev–Trinajstić information content (AvgIpc) is 1.65. The molecule has 0 aliphatic rings. The number of fused-ring (bicyclic) bond motifs is 6. The van der Waals surface area contributed by atoms with Crippen LogP contribution < -0.4 is 42.4 Å². The second-order valence-electron chi connectivity index (χ2n) is 21.4. The summed E-state index contributed by atoms with van der Waals surface area (Å²) in [5.41, 5.74) is 3.18. The van der Waals surface area contributed by atoms with E-state index >= 15 is 0 Å². The third kappa shape index (κ3) is 20.1. The van der Waals surface area contributed by atoms with E-state index in [-0.39, 0.29) is 89.5 Å². The molecule has 0 nitrogen and oxygen atoms in total. The van der Waals surface area contributed by atoms with Gasteiger partial charge in [-0.3, -0.25) is 23.7 Å². The fourth-order valence-electron chi connectivity index (χ4n) is 11.3. The molecule has 0 radical (unpaired) electrons. The Morgan fingerprint density at radius 1 is 0.213 bits per heavy atom. The molecule has 0 saturated heterocycles. The summed E-state index contributed by atoms with van der Waals surface area (Å²) in [4.78, 5) is 0. The molecule has 0 N–H and O–H groups in total. The van der Waals surface area contributed by atoms with Crippen molar-refractivity contribution in [1.82, 2.24) is 0 Å². The fraction of sp³-hybridized carbons (Fsp3) is 0.0476. The minimum Gasteiger partial charge on any atom is -0.366 e. The first-order valence-electron chi connectivity index (χ1n) is 30.0. The van der Waals surface area contributed by atoms with Crippen molar-refractivity contribution in [1.29, 1.82) is 0 Å². The first kappa shape index (κ1) is 75.4. The summed E-state index contributed by atoms with van der Waals surface area (Å²) in [6.45, 7) is 0. The van der Waals surface area contributed by atoms with E-state index in [1.165, 1.54) is 88.6 Å². The van der Waals surface area contributed by atoms with Crippen molar-refractivity contribution >= 4 is 137 Å². The molecular weight excluding hydrogens is 1980 g/mol. The number of rotatable bonds is 14. The predicted octanol–water partition coefficient (Wildman–Crippen LogP) is 17.3. The van der Waals surface area contributed by atoms with Crippen LogP contribution in [0.5, 0.6) is 0 Å². The van der Waals surface area contributed by atoms with Crippen LogP contribution in [0.1, 0.15) is 22.3 Å². The number of thiophene rings is 2. The molecule has 0 unspecified atom stereocenters. The van der Waals surface area contributed by atoms with Crippen molar-refractivity contribution in [2.45, 2.75) is 0 Å². The maximum absolute atomic E-state index is 7.14. The fourth-order valence-corrected chi connectivity index (χ4v) is 26.1. The van der Waals surface area contributed by atoms with Gasteiger partial charge >= 0.3 is 89.5 Å². The Morgan fingerprint density at radius 2 is 0.362 bits per heavy atom. The Kier molecular flexibility index (Phi) is 31.5. The molecule has 94 heavy (non-hydrogen) atoms. The molecule has 10 heteroatoms. The van der Waals surface area contributed by atoms with E-state index in [0.29, 0.717) is 0 Å². The molecule has 0 fully saturated rings. The van der Waals surface area contributed by atoms with Gasteiger partial charge < -0.3 is 25.7 Å². The second kappa shape index (κ2) is 39.3. The van der Waals surface area contributed by atoms with Crippen LogP contribution in [0.4, 0.5) is 0 Å². The van der Waals surface area contributed by atoms with Gasteiger partial charge in [-0.15, -0.1) is 93.5 Å². The van der Waals surface area contributed by atoms with Crippen LogP contribution in [0.3, 0.4) is 0 Å². The SMILES string of the molecule is [Au+].[Au+].[Au+].[Au+].[C-]#Cc1ccc2c(c1)sc1cc(C#[C-])ccc12.[C-]#Cc1ccc2c(c1)sc1cc(C#[C-])ccc12.c1ccc([PH+](CC[PH+](c2ccccc2)c2ccccc2)c2ccccc2)cc1.c1ccc([PH+](CC[PH+](c2ccccc2)c2ccccc2)c2ccccc2)cc1. The third-order valence-corrected chi connectivity index (χ3v) is 30.2. The molecule has 0 bridgehead atoms. The molecular formula is C84H64Au4P4S2+4. The molecule has 472 valence electrons. The Bertz CT molecular complexity index is 4010. The topological polar surface area (TPSA) is 0 Å². The maximum Gasteiger partial charge on any atom is 1.00 e. The predicted molar refractivity (Wildman–Crippen MR) is 405 cm³/mol. The Hall–Kier alpha value is -6.00. The third-order valence-electron chi connectivity index (χ3n) is 15.8. The zero-order valence-corrected chi connectivity index (χ0v) is 65.2. The summed E-state index contributed by atoms with van der Waals surface area (Å²) >= 11 is 3.35. The van der Waals surface area contributed by atoms with Gasteiger partial charge in [0.05, 0.1) is 74.1 Å². The molecule has 0 amide bonds. The number of hydrogen-bond donors (Lipinski definition) is 0. The van der Waals surface area contributed by atoms with E-state index < -0.39 is 31.7 Å². The summed E-state index contributed by atoms with van der Waals surface area (Å²) in [5, 5.41) is 16.9. The van der Waals surface area contributed by atoms with Gasteiger partial charge in [0.15, 0.2) is 0 Å². The van der Waals surface area contributed by atoms with Crippen LogP contribution in [-0.2, 0) is 89.5 Å². The van der Waals surface area contributed by atoms with E-state index in [4.69, 9.17) is 25.7 Å². The first-order chi connectivity index (χ1) is 44.5. The van der Waals surface area contributed by atoms with Gasteiger partial charge in [-0.2, -0.15) is 0 Å². The van der Waals surface area contributed by atoms with Gasteiger partial charge in [-0.1, -0.05) is 170 Å². The second-order valence-corrected chi connectivity index (χ2v) is 34.0. The van der Waals surface area contributed by atoms with Gasteiger partial charge in [-0.05, 0) is 119 Å². The molecule has 2 heterocycles. The van der Waals surface area contributed by atoms with Crippen LogP contribution >= 0.6 is 54.4 Å². The normalized spacial score (nSPS) is 10.3. The van der Waals surface area contributed by atoms with Crippen molar-refractivity contribution in [3.05, 3.63) is 363 Å². The van der Waals surface area contributed by atoms with Crippen LogP contribution in [-0.4, -0.2) is 24.6 Å². The molecule has 0 aliphatic heterocycles. The smallest absolute Gasteiger partial charge is 0.366 e. The minimum atomic E-state index is -0.783. The molecule has 2 aromatic heterocycles. The van der Waals surface area contributed by atoms with Crippen molar-refractivity contribution in [2.24, 2.45) is 0 Å². The summed E-state index contributed by atoms with van der Waals surface area (Å²) in [6, 6.07) is 113. The summed E-state index contributed by atoms with van der Waals surface area (Å²) in [7, 11) is -3.13.